The summed E-state index contributed by atoms with van der Waals surface area (Å²) >= 11 is 5.59. The molecule has 0 bridgehead atoms. The maximum Gasteiger partial charge on any atom is 0.137 e. The maximum absolute atomic E-state index is 8.13. The first-order valence-electron chi connectivity index (χ1n) is 2.62. The first-order chi connectivity index (χ1) is 4.84. The van der Waals surface area contributed by atoms with Crippen molar-refractivity contribution in [2.45, 2.75) is 0 Å². The van der Waals surface area contributed by atoms with Crippen molar-refractivity contribution < 1.29 is 5.21 Å². The molecule has 0 unspecified atom stereocenters. The normalized spacial score (nSPS) is 10.5. The molecule has 0 saturated heterocycles. The third-order valence-corrected chi connectivity index (χ3v) is 1.30. The standard InChI is InChI=1S/C6H5ClN2O/c7-6-5(4-9-10)2-1-3-8-6/h1-4,10H/b9-4+. The quantitative estimate of drug-likeness (QED) is 0.290. The third-order valence-electron chi connectivity index (χ3n) is 0.985. The van der Waals surface area contributed by atoms with E-state index in [1.165, 1.54) is 6.21 Å². The van der Waals surface area contributed by atoms with Crippen LogP contribution in [0.4, 0.5) is 0 Å². The van der Waals surface area contributed by atoms with Gasteiger partial charge in [0.05, 0.1) is 6.21 Å². The van der Waals surface area contributed by atoms with Crippen molar-refractivity contribution in [3.8, 4) is 0 Å². The molecule has 0 aliphatic rings. The SMILES string of the molecule is O/N=C/c1cccnc1Cl. The highest BCUT2D eigenvalue weighted by Crippen LogP contribution is 2.07. The van der Waals surface area contributed by atoms with E-state index < -0.39 is 0 Å². The first-order valence-corrected chi connectivity index (χ1v) is 3.00. The molecular weight excluding hydrogens is 152 g/mol. The van der Waals surface area contributed by atoms with Crippen LogP contribution in [0.2, 0.25) is 5.15 Å². The van der Waals surface area contributed by atoms with Gasteiger partial charge in [-0.1, -0.05) is 16.8 Å². The third kappa shape index (κ3) is 1.45. The van der Waals surface area contributed by atoms with E-state index in [9.17, 15) is 0 Å². The number of aromatic nitrogens is 1. The molecule has 1 N–H and O–H groups in total. The van der Waals surface area contributed by atoms with Crippen LogP contribution >= 0.6 is 11.6 Å². The summed E-state index contributed by atoms with van der Waals surface area (Å²) in [6.07, 6.45) is 2.80. The molecule has 1 aromatic rings. The van der Waals surface area contributed by atoms with Crippen molar-refractivity contribution >= 4 is 17.8 Å². The van der Waals surface area contributed by atoms with Gasteiger partial charge in [-0.05, 0) is 12.1 Å². The Bertz CT molecular complexity index is 249. The number of oxime groups is 1. The summed E-state index contributed by atoms with van der Waals surface area (Å²) in [5.74, 6) is 0. The van der Waals surface area contributed by atoms with Gasteiger partial charge in [-0.25, -0.2) is 4.98 Å². The van der Waals surface area contributed by atoms with Crippen molar-refractivity contribution in [3.63, 3.8) is 0 Å². The van der Waals surface area contributed by atoms with Crippen LogP contribution in [-0.2, 0) is 0 Å². The zero-order valence-corrected chi connectivity index (χ0v) is 5.78. The second-order valence-corrected chi connectivity index (χ2v) is 1.99. The molecule has 1 heterocycles. The molecule has 0 spiro atoms. The van der Waals surface area contributed by atoms with E-state index in [0.29, 0.717) is 10.7 Å². The summed E-state index contributed by atoms with van der Waals surface area (Å²) in [5, 5.41) is 11.3. The predicted molar refractivity (Wildman–Crippen MR) is 38.6 cm³/mol. The average Bonchev–Trinajstić information content (AvgIpc) is 1.94. The second kappa shape index (κ2) is 3.17. The van der Waals surface area contributed by atoms with Gasteiger partial charge in [0.25, 0.3) is 0 Å². The number of hydrogen-bond acceptors (Lipinski definition) is 3. The van der Waals surface area contributed by atoms with Crippen LogP contribution in [0.15, 0.2) is 23.5 Å². The highest BCUT2D eigenvalue weighted by atomic mass is 35.5. The lowest BCUT2D eigenvalue weighted by Gasteiger charge is -1.91. The van der Waals surface area contributed by atoms with Crippen molar-refractivity contribution in [3.05, 3.63) is 29.0 Å². The molecule has 3 nitrogen and oxygen atoms in total. The van der Waals surface area contributed by atoms with Gasteiger partial charge in [-0.2, -0.15) is 0 Å². The fraction of sp³-hybridized carbons (Fsp3) is 0. The van der Waals surface area contributed by atoms with Crippen molar-refractivity contribution in [1.29, 1.82) is 0 Å². The van der Waals surface area contributed by atoms with Crippen molar-refractivity contribution in [1.82, 2.24) is 4.98 Å². The van der Waals surface area contributed by atoms with Crippen LogP contribution < -0.4 is 0 Å². The van der Waals surface area contributed by atoms with E-state index in [1.54, 1.807) is 18.3 Å². The fourth-order valence-corrected chi connectivity index (χ4v) is 0.725. The number of nitrogens with zero attached hydrogens (tertiary/aromatic N) is 2. The largest absolute Gasteiger partial charge is 0.411 e. The lowest BCUT2D eigenvalue weighted by molar-refractivity contribution is 0.322. The molecule has 1 rings (SSSR count). The average molecular weight is 157 g/mol. The molecule has 0 saturated carbocycles. The summed E-state index contributed by atoms with van der Waals surface area (Å²) in [5.41, 5.74) is 0.603. The number of rotatable bonds is 1. The van der Waals surface area contributed by atoms with Crippen LogP contribution in [0.3, 0.4) is 0 Å². The zero-order chi connectivity index (χ0) is 7.40. The van der Waals surface area contributed by atoms with E-state index in [1.807, 2.05) is 0 Å². The van der Waals surface area contributed by atoms with Gasteiger partial charge >= 0.3 is 0 Å². The Kier molecular flexibility index (Phi) is 2.23. The van der Waals surface area contributed by atoms with Gasteiger partial charge in [-0.15, -0.1) is 0 Å². The molecule has 0 amide bonds. The summed E-state index contributed by atoms with van der Waals surface area (Å²) in [4.78, 5) is 3.76. The molecule has 10 heavy (non-hydrogen) atoms. The summed E-state index contributed by atoms with van der Waals surface area (Å²) in [7, 11) is 0. The molecule has 0 aliphatic heterocycles. The molecule has 0 aromatic carbocycles. The van der Waals surface area contributed by atoms with E-state index in [-0.39, 0.29) is 0 Å². The molecular formula is C6H5ClN2O. The Morgan fingerprint density at radius 3 is 3.10 bits per heavy atom. The summed E-state index contributed by atoms with van der Waals surface area (Å²) < 4.78 is 0. The highest BCUT2D eigenvalue weighted by Gasteiger charge is 1.93. The van der Waals surface area contributed by atoms with Crippen molar-refractivity contribution in [2.75, 3.05) is 0 Å². The second-order valence-electron chi connectivity index (χ2n) is 1.63. The van der Waals surface area contributed by atoms with Gasteiger partial charge < -0.3 is 5.21 Å². The predicted octanol–water partition coefficient (Wildman–Crippen LogP) is 1.54. The highest BCUT2D eigenvalue weighted by molar-refractivity contribution is 6.31. The van der Waals surface area contributed by atoms with Gasteiger partial charge in [0.1, 0.15) is 5.15 Å². The maximum atomic E-state index is 8.13. The minimum Gasteiger partial charge on any atom is -0.411 e. The monoisotopic (exact) mass is 156 g/mol. The molecule has 52 valence electrons. The minimum absolute atomic E-state index is 0.334. The molecule has 0 fully saturated rings. The lowest BCUT2D eigenvalue weighted by Crippen LogP contribution is -1.84. The van der Waals surface area contributed by atoms with Gasteiger partial charge in [-0.3, -0.25) is 0 Å². The number of halogens is 1. The van der Waals surface area contributed by atoms with Crippen LogP contribution in [0.25, 0.3) is 0 Å². The Balaban J connectivity index is 3.03. The van der Waals surface area contributed by atoms with Crippen molar-refractivity contribution in [2.24, 2.45) is 5.16 Å². The van der Waals surface area contributed by atoms with E-state index in [4.69, 9.17) is 16.8 Å². The smallest absolute Gasteiger partial charge is 0.137 e. The van der Waals surface area contributed by atoms with Gasteiger partial charge in [0.2, 0.25) is 0 Å². The van der Waals surface area contributed by atoms with Crippen LogP contribution in [0.5, 0.6) is 0 Å². The van der Waals surface area contributed by atoms with Crippen LogP contribution in [0.1, 0.15) is 5.56 Å². The zero-order valence-electron chi connectivity index (χ0n) is 5.03. The Morgan fingerprint density at radius 1 is 1.70 bits per heavy atom. The first kappa shape index (κ1) is 7.02. The fourth-order valence-electron chi connectivity index (χ4n) is 0.557. The lowest BCUT2D eigenvalue weighted by atomic mass is 10.3. The van der Waals surface area contributed by atoms with E-state index >= 15 is 0 Å². The topological polar surface area (TPSA) is 45.5 Å². The Hall–Kier alpha value is -1.09. The number of hydrogen-bond donors (Lipinski definition) is 1. The molecule has 1 aromatic heterocycles. The Labute approximate surface area is 63.0 Å². The minimum atomic E-state index is 0.334. The summed E-state index contributed by atoms with van der Waals surface area (Å²) in [6, 6.07) is 3.41. The summed E-state index contributed by atoms with van der Waals surface area (Å²) in [6.45, 7) is 0. The molecule has 0 atom stereocenters. The van der Waals surface area contributed by atoms with E-state index in [0.717, 1.165) is 0 Å². The Morgan fingerprint density at radius 2 is 2.50 bits per heavy atom. The van der Waals surface area contributed by atoms with E-state index in [2.05, 4.69) is 10.1 Å². The van der Waals surface area contributed by atoms with Gasteiger partial charge in [0.15, 0.2) is 0 Å². The van der Waals surface area contributed by atoms with Crippen LogP contribution in [0, 0.1) is 0 Å². The molecule has 4 heteroatoms. The number of pyridine rings is 1. The molecule has 0 radical (unpaired) electrons. The van der Waals surface area contributed by atoms with Gasteiger partial charge in [0, 0.05) is 11.8 Å². The van der Waals surface area contributed by atoms with Crippen LogP contribution in [-0.4, -0.2) is 16.4 Å². The molecule has 0 aliphatic carbocycles.